The van der Waals surface area contributed by atoms with Crippen molar-refractivity contribution in [3.63, 3.8) is 0 Å². The Morgan fingerprint density at radius 3 is 2.73 bits per heavy atom. The first kappa shape index (κ1) is 14.5. The average Bonchev–Trinajstić information content (AvgIpc) is 2.96. The lowest BCUT2D eigenvalue weighted by Crippen LogP contribution is -2.30. The van der Waals surface area contributed by atoms with E-state index in [0.717, 1.165) is 6.42 Å². The second kappa shape index (κ2) is 5.76. The third kappa shape index (κ3) is 2.67. The molecule has 7 nitrogen and oxygen atoms in total. The number of carbonyl (C=O) groups excluding carboxylic acids is 1. The minimum Gasteiger partial charge on any atom is -0.384 e. The van der Waals surface area contributed by atoms with Gasteiger partial charge in [0.25, 0.3) is 5.91 Å². The molecule has 1 aliphatic heterocycles. The van der Waals surface area contributed by atoms with Gasteiger partial charge < -0.3 is 19.6 Å². The molecular weight excluding hydrogens is 286 g/mol. The van der Waals surface area contributed by atoms with Crippen LogP contribution in [0.5, 0.6) is 0 Å². The molecule has 0 unspecified atom stereocenters. The highest BCUT2D eigenvalue weighted by Gasteiger charge is 2.26. The number of carbonyl (C=O) groups is 1. The van der Waals surface area contributed by atoms with E-state index in [0.29, 0.717) is 42.2 Å². The number of nitrogens with one attached hydrogen (secondary N) is 2. The lowest BCUT2D eigenvalue weighted by molar-refractivity contribution is 0.0775. The molecule has 2 N–H and O–H groups in total. The summed E-state index contributed by atoms with van der Waals surface area (Å²) in [5, 5.41) is 0. The van der Waals surface area contributed by atoms with Gasteiger partial charge in [-0.05, 0) is 24.6 Å². The lowest BCUT2D eigenvalue weighted by Gasteiger charge is -2.16. The first-order valence-electron chi connectivity index (χ1n) is 7.13. The summed E-state index contributed by atoms with van der Waals surface area (Å²) in [6.07, 6.45) is 0.928. The van der Waals surface area contributed by atoms with Gasteiger partial charge in [-0.3, -0.25) is 14.4 Å². The summed E-state index contributed by atoms with van der Waals surface area (Å²) in [6.45, 7) is 2.02. The number of hydrogen-bond acceptors (Lipinski definition) is 4. The number of aromatic amines is 2. The van der Waals surface area contributed by atoms with Crippen LogP contribution in [-0.2, 0) is 4.74 Å². The van der Waals surface area contributed by atoms with Gasteiger partial charge in [-0.1, -0.05) is 0 Å². The molecule has 1 aromatic carbocycles. The Bertz CT molecular complexity index is 823. The Morgan fingerprint density at radius 1 is 1.27 bits per heavy atom. The molecule has 1 amide bonds. The molecule has 0 saturated carbocycles. The van der Waals surface area contributed by atoms with Crippen LogP contribution in [-0.4, -0.2) is 47.6 Å². The number of methoxy groups -OCH3 is 1. The van der Waals surface area contributed by atoms with E-state index in [1.165, 1.54) is 0 Å². The maximum absolute atomic E-state index is 12.5. The zero-order valence-corrected chi connectivity index (χ0v) is 12.2. The van der Waals surface area contributed by atoms with Crippen molar-refractivity contribution in [3.8, 4) is 0 Å². The number of H-pyrrole nitrogens is 2. The molecule has 1 aromatic heterocycles. The maximum Gasteiger partial charge on any atom is 0.314 e. The van der Waals surface area contributed by atoms with Crippen molar-refractivity contribution in [1.29, 1.82) is 0 Å². The van der Waals surface area contributed by atoms with Gasteiger partial charge in [-0.2, -0.15) is 0 Å². The standard InChI is InChI=1S/C15H17N3O4/c1-22-8-9-4-5-18(7-9)15(21)10-2-3-11-12(6-10)17-14(20)13(19)16-11/h2-3,6,9H,4-5,7-8H2,1H3,(H,16,19)(H,17,20)/t9-/m0/s1. The summed E-state index contributed by atoms with van der Waals surface area (Å²) < 4.78 is 5.13. The summed E-state index contributed by atoms with van der Waals surface area (Å²) in [5.74, 6) is 0.290. The molecule has 116 valence electrons. The highest BCUT2D eigenvalue weighted by atomic mass is 16.5. The van der Waals surface area contributed by atoms with E-state index in [4.69, 9.17) is 4.74 Å². The fraction of sp³-hybridized carbons (Fsp3) is 0.400. The first-order valence-corrected chi connectivity index (χ1v) is 7.13. The van der Waals surface area contributed by atoms with E-state index in [9.17, 15) is 14.4 Å². The molecule has 7 heteroatoms. The second-order valence-electron chi connectivity index (χ2n) is 5.53. The van der Waals surface area contributed by atoms with Gasteiger partial charge in [0.15, 0.2) is 0 Å². The normalized spacial score (nSPS) is 18.0. The number of benzene rings is 1. The van der Waals surface area contributed by atoms with E-state index >= 15 is 0 Å². The average molecular weight is 303 g/mol. The highest BCUT2D eigenvalue weighted by Crippen LogP contribution is 2.20. The van der Waals surface area contributed by atoms with Crippen LogP contribution in [0.2, 0.25) is 0 Å². The number of aromatic nitrogens is 2. The summed E-state index contributed by atoms with van der Waals surface area (Å²) in [4.78, 5) is 41.9. The van der Waals surface area contributed by atoms with Crippen LogP contribution >= 0.6 is 0 Å². The zero-order valence-electron chi connectivity index (χ0n) is 12.2. The Labute approximate surface area is 125 Å². The van der Waals surface area contributed by atoms with E-state index in [1.54, 1.807) is 30.2 Å². The highest BCUT2D eigenvalue weighted by molar-refractivity contribution is 5.97. The van der Waals surface area contributed by atoms with Gasteiger partial charge in [-0.25, -0.2) is 0 Å². The van der Waals surface area contributed by atoms with Crippen molar-refractivity contribution < 1.29 is 9.53 Å². The zero-order chi connectivity index (χ0) is 15.7. The molecule has 1 saturated heterocycles. The molecule has 1 aliphatic rings. The fourth-order valence-electron chi connectivity index (χ4n) is 2.82. The van der Waals surface area contributed by atoms with Crippen LogP contribution in [0, 0.1) is 5.92 Å². The molecule has 1 fully saturated rings. The quantitative estimate of drug-likeness (QED) is 0.799. The molecule has 0 spiro atoms. The first-order chi connectivity index (χ1) is 10.6. The molecule has 2 aromatic rings. The van der Waals surface area contributed by atoms with Crippen molar-refractivity contribution >= 4 is 16.9 Å². The molecule has 22 heavy (non-hydrogen) atoms. The molecule has 0 radical (unpaired) electrons. The van der Waals surface area contributed by atoms with E-state index < -0.39 is 11.1 Å². The molecule has 1 atom stereocenters. The number of rotatable bonds is 3. The van der Waals surface area contributed by atoms with E-state index in [2.05, 4.69) is 9.97 Å². The Hall–Kier alpha value is -2.41. The Balaban J connectivity index is 1.87. The minimum absolute atomic E-state index is 0.0763. The largest absolute Gasteiger partial charge is 0.384 e. The van der Waals surface area contributed by atoms with Gasteiger partial charge in [0.2, 0.25) is 0 Å². The van der Waals surface area contributed by atoms with Crippen molar-refractivity contribution in [2.45, 2.75) is 6.42 Å². The van der Waals surface area contributed by atoms with Crippen LogP contribution in [0.25, 0.3) is 11.0 Å². The van der Waals surface area contributed by atoms with Crippen molar-refractivity contribution in [2.24, 2.45) is 5.92 Å². The van der Waals surface area contributed by atoms with Crippen LogP contribution in [0.4, 0.5) is 0 Å². The minimum atomic E-state index is -0.724. The molecular formula is C15H17N3O4. The van der Waals surface area contributed by atoms with Gasteiger partial charge in [0.05, 0.1) is 17.6 Å². The van der Waals surface area contributed by atoms with Gasteiger partial charge >= 0.3 is 11.1 Å². The van der Waals surface area contributed by atoms with Crippen molar-refractivity contribution in [1.82, 2.24) is 14.9 Å². The summed E-state index contributed by atoms with van der Waals surface area (Å²) in [5.41, 5.74) is 0.0168. The maximum atomic E-state index is 12.5. The smallest absolute Gasteiger partial charge is 0.314 e. The summed E-state index contributed by atoms with van der Waals surface area (Å²) in [6, 6.07) is 4.88. The monoisotopic (exact) mass is 303 g/mol. The fourth-order valence-corrected chi connectivity index (χ4v) is 2.82. The predicted molar refractivity (Wildman–Crippen MR) is 81.1 cm³/mol. The molecule has 0 bridgehead atoms. The molecule has 2 heterocycles. The lowest BCUT2D eigenvalue weighted by atomic mass is 10.1. The Kier molecular flexibility index (Phi) is 3.81. The number of amides is 1. The number of likely N-dealkylation sites (tertiary alicyclic amines) is 1. The van der Waals surface area contributed by atoms with Gasteiger partial charge in [0, 0.05) is 31.7 Å². The van der Waals surface area contributed by atoms with Crippen molar-refractivity contribution in [3.05, 3.63) is 44.5 Å². The third-order valence-electron chi connectivity index (χ3n) is 3.94. The topological polar surface area (TPSA) is 95.3 Å². The number of fused-ring (bicyclic) bond motifs is 1. The predicted octanol–water partition coefficient (Wildman–Crippen LogP) is 0.325. The van der Waals surface area contributed by atoms with Gasteiger partial charge in [-0.15, -0.1) is 0 Å². The van der Waals surface area contributed by atoms with E-state index in [1.807, 2.05) is 0 Å². The molecule has 3 rings (SSSR count). The summed E-state index contributed by atoms with van der Waals surface area (Å²) in [7, 11) is 1.66. The SMILES string of the molecule is COC[C@H]1CCN(C(=O)c2ccc3[nH]c(=O)c(=O)[nH]c3c2)C1. The number of nitrogens with zero attached hydrogens (tertiary/aromatic N) is 1. The van der Waals surface area contributed by atoms with Crippen LogP contribution < -0.4 is 11.1 Å². The third-order valence-corrected chi connectivity index (χ3v) is 3.94. The number of ether oxygens (including phenoxy) is 1. The second-order valence-corrected chi connectivity index (χ2v) is 5.53. The van der Waals surface area contributed by atoms with Crippen LogP contribution in [0.1, 0.15) is 16.8 Å². The van der Waals surface area contributed by atoms with Crippen LogP contribution in [0.15, 0.2) is 27.8 Å². The molecule has 0 aliphatic carbocycles. The van der Waals surface area contributed by atoms with Crippen molar-refractivity contribution in [2.75, 3.05) is 26.8 Å². The number of hydrogen-bond donors (Lipinski definition) is 2. The van der Waals surface area contributed by atoms with Gasteiger partial charge in [0.1, 0.15) is 0 Å². The van der Waals surface area contributed by atoms with E-state index in [-0.39, 0.29) is 5.91 Å². The Morgan fingerprint density at radius 2 is 2.00 bits per heavy atom. The summed E-state index contributed by atoms with van der Waals surface area (Å²) >= 11 is 0. The van der Waals surface area contributed by atoms with Crippen LogP contribution in [0.3, 0.4) is 0 Å².